The molecule has 10 heavy (non-hydrogen) atoms. The summed E-state index contributed by atoms with van der Waals surface area (Å²) in [6, 6.07) is 0. The van der Waals surface area contributed by atoms with Gasteiger partial charge in [0.15, 0.2) is 0 Å². The summed E-state index contributed by atoms with van der Waals surface area (Å²) in [6.07, 6.45) is 2.97. The summed E-state index contributed by atoms with van der Waals surface area (Å²) in [5.74, 6) is 0. The Hall–Kier alpha value is -0.570. The lowest BCUT2D eigenvalue weighted by molar-refractivity contribution is -0.122. The summed E-state index contributed by atoms with van der Waals surface area (Å²) in [6.45, 7) is 3.30. The molecule has 0 aromatic heterocycles. The first-order valence-electron chi connectivity index (χ1n) is 3.53. The fourth-order valence-electron chi connectivity index (χ4n) is 0.675. The van der Waals surface area contributed by atoms with Crippen LogP contribution >= 0.6 is 0 Å². The summed E-state index contributed by atoms with van der Waals surface area (Å²) in [4.78, 5) is 11.9. The average molecular weight is 145 g/mol. The van der Waals surface area contributed by atoms with Crippen LogP contribution in [-0.2, 0) is 9.53 Å². The van der Waals surface area contributed by atoms with Crippen LogP contribution in [0.15, 0.2) is 0 Å². The molecule has 0 aliphatic heterocycles. The third-order valence-corrected chi connectivity index (χ3v) is 1.24. The molecule has 3 heteroatoms. The van der Waals surface area contributed by atoms with E-state index in [1.807, 2.05) is 0 Å². The van der Waals surface area contributed by atoms with Gasteiger partial charge in [-0.25, -0.2) is 0 Å². The Kier molecular flexibility index (Phi) is 6.18. The molecular formula is C7H15NO2. The van der Waals surface area contributed by atoms with Gasteiger partial charge in [0.1, 0.15) is 6.73 Å². The Morgan fingerprint density at radius 3 is 2.70 bits per heavy atom. The zero-order valence-corrected chi connectivity index (χ0v) is 6.67. The largest absolute Gasteiger partial charge is 0.364 e. The van der Waals surface area contributed by atoms with Gasteiger partial charge in [0.2, 0.25) is 6.41 Å². The highest BCUT2D eigenvalue weighted by molar-refractivity contribution is 5.46. The summed E-state index contributed by atoms with van der Waals surface area (Å²) in [7, 11) is 1.59. The van der Waals surface area contributed by atoms with Crippen LogP contribution in [0.1, 0.15) is 19.8 Å². The summed E-state index contributed by atoms with van der Waals surface area (Å²) in [5, 5.41) is 0. The van der Waals surface area contributed by atoms with Crippen molar-refractivity contribution >= 4 is 6.41 Å². The minimum absolute atomic E-state index is 0.406. The van der Waals surface area contributed by atoms with E-state index in [2.05, 4.69) is 6.92 Å². The quantitative estimate of drug-likeness (QED) is 0.409. The predicted octanol–water partition coefficient (Wildman–Crippen LogP) is 0.849. The lowest BCUT2D eigenvalue weighted by Gasteiger charge is -2.14. The molecule has 0 heterocycles. The van der Waals surface area contributed by atoms with Crippen molar-refractivity contribution in [2.75, 3.05) is 20.4 Å². The van der Waals surface area contributed by atoms with Crippen molar-refractivity contribution in [3.8, 4) is 0 Å². The summed E-state index contributed by atoms with van der Waals surface area (Å²) in [5.41, 5.74) is 0. The molecule has 0 radical (unpaired) electrons. The predicted molar refractivity (Wildman–Crippen MR) is 39.6 cm³/mol. The zero-order chi connectivity index (χ0) is 7.82. The summed E-state index contributed by atoms with van der Waals surface area (Å²) < 4.78 is 4.79. The second kappa shape index (κ2) is 6.55. The van der Waals surface area contributed by atoms with Crippen LogP contribution in [0.25, 0.3) is 0 Å². The number of carbonyl (C=O) groups excluding carboxylic acids is 1. The first-order valence-corrected chi connectivity index (χ1v) is 3.53. The molecule has 0 aromatic carbocycles. The van der Waals surface area contributed by atoms with Gasteiger partial charge in [-0.15, -0.1) is 0 Å². The van der Waals surface area contributed by atoms with Gasteiger partial charge in [-0.3, -0.25) is 4.79 Å². The van der Waals surface area contributed by atoms with E-state index in [1.165, 1.54) is 0 Å². The Bertz CT molecular complexity index is 85.7. The minimum Gasteiger partial charge on any atom is -0.364 e. The van der Waals surface area contributed by atoms with Gasteiger partial charge in [0, 0.05) is 13.7 Å². The molecule has 0 saturated carbocycles. The van der Waals surface area contributed by atoms with Crippen LogP contribution in [0.5, 0.6) is 0 Å². The molecule has 0 spiro atoms. The first-order chi connectivity index (χ1) is 4.85. The van der Waals surface area contributed by atoms with Crippen LogP contribution in [0.2, 0.25) is 0 Å². The average Bonchev–Trinajstić information content (AvgIpc) is 1.98. The molecule has 0 fully saturated rings. The smallest absolute Gasteiger partial charge is 0.211 e. The Balaban J connectivity index is 3.29. The SMILES string of the molecule is CCCCN(C=O)COC. The highest BCUT2D eigenvalue weighted by Gasteiger charge is 1.96. The van der Waals surface area contributed by atoms with Gasteiger partial charge in [-0.2, -0.15) is 0 Å². The summed E-state index contributed by atoms with van der Waals surface area (Å²) >= 11 is 0. The van der Waals surface area contributed by atoms with E-state index in [0.717, 1.165) is 25.8 Å². The molecule has 0 aliphatic rings. The third kappa shape index (κ3) is 4.32. The highest BCUT2D eigenvalue weighted by atomic mass is 16.5. The van der Waals surface area contributed by atoms with E-state index in [9.17, 15) is 4.79 Å². The Morgan fingerprint density at radius 2 is 2.30 bits per heavy atom. The van der Waals surface area contributed by atoms with Gasteiger partial charge >= 0.3 is 0 Å². The Labute approximate surface area is 62.0 Å². The van der Waals surface area contributed by atoms with Crippen LogP contribution in [0.4, 0.5) is 0 Å². The lowest BCUT2D eigenvalue weighted by atomic mass is 10.3. The molecule has 60 valence electrons. The number of hydrogen-bond acceptors (Lipinski definition) is 2. The maximum absolute atomic E-state index is 10.2. The zero-order valence-electron chi connectivity index (χ0n) is 6.67. The molecule has 0 atom stereocenters. The number of ether oxygens (including phenoxy) is 1. The molecule has 3 nitrogen and oxygen atoms in total. The van der Waals surface area contributed by atoms with Gasteiger partial charge in [0.05, 0.1) is 0 Å². The van der Waals surface area contributed by atoms with Crippen LogP contribution in [0.3, 0.4) is 0 Å². The fraction of sp³-hybridized carbons (Fsp3) is 0.857. The monoisotopic (exact) mass is 145 g/mol. The van der Waals surface area contributed by atoms with Crippen molar-refractivity contribution in [1.29, 1.82) is 0 Å². The van der Waals surface area contributed by atoms with Crippen LogP contribution in [0, 0.1) is 0 Å². The number of methoxy groups -OCH3 is 1. The second-order valence-electron chi connectivity index (χ2n) is 2.19. The molecule has 0 saturated heterocycles. The molecule has 0 N–H and O–H groups in total. The highest BCUT2D eigenvalue weighted by Crippen LogP contribution is 1.90. The molecule has 0 bridgehead atoms. The van der Waals surface area contributed by atoms with Crippen molar-refractivity contribution in [3.63, 3.8) is 0 Å². The minimum atomic E-state index is 0.406. The standard InChI is InChI=1S/C7H15NO2/c1-3-4-5-8(6-9)7-10-2/h6H,3-5,7H2,1-2H3. The van der Waals surface area contributed by atoms with Crippen LogP contribution in [-0.4, -0.2) is 31.7 Å². The second-order valence-corrected chi connectivity index (χ2v) is 2.19. The van der Waals surface area contributed by atoms with E-state index in [-0.39, 0.29) is 0 Å². The normalized spacial score (nSPS) is 9.40. The topological polar surface area (TPSA) is 29.5 Å². The first kappa shape index (κ1) is 9.43. The van der Waals surface area contributed by atoms with Crippen molar-refractivity contribution in [3.05, 3.63) is 0 Å². The molecule has 0 rings (SSSR count). The maximum Gasteiger partial charge on any atom is 0.211 e. The van der Waals surface area contributed by atoms with Gasteiger partial charge in [-0.05, 0) is 6.42 Å². The molecule has 0 unspecified atom stereocenters. The molecular weight excluding hydrogens is 130 g/mol. The molecule has 0 aliphatic carbocycles. The van der Waals surface area contributed by atoms with E-state index >= 15 is 0 Å². The van der Waals surface area contributed by atoms with Crippen molar-refractivity contribution in [2.45, 2.75) is 19.8 Å². The number of amides is 1. The number of hydrogen-bond donors (Lipinski definition) is 0. The molecule has 1 amide bonds. The fourth-order valence-corrected chi connectivity index (χ4v) is 0.675. The van der Waals surface area contributed by atoms with Gasteiger partial charge in [-0.1, -0.05) is 13.3 Å². The van der Waals surface area contributed by atoms with E-state index in [0.29, 0.717) is 6.73 Å². The number of rotatable bonds is 6. The molecule has 0 aromatic rings. The Morgan fingerprint density at radius 1 is 1.60 bits per heavy atom. The van der Waals surface area contributed by atoms with Gasteiger partial charge < -0.3 is 9.64 Å². The van der Waals surface area contributed by atoms with Crippen molar-refractivity contribution < 1.29 is 9.53 Å². The van der Waals surface area contributed by atoms with Crippen molar-refractivity contribution in [1.82, 2.24) is 4.90 Å². The van der Waals surface area contributed by atoms with E-state index in [1.54, 1.807) is 12.0 Å². The number of nitrogens with zero attached hydrogens (tertiary/aromatic N) is 1. The lowest BCUT2D eigenvalue weighted by Crippen LogP contribution is -2.25. The van der Waals surface area contributed by atoms with Gasteiger partial charge in [0.25, 0.3) is 0 Å². The van der Waals surface area contributed by atoms with E-state index < -0.39 is 0 Å². The van der Waals surface area contributed by atoms with Crippen LogP contribution < -0.4 is 0 Å². The number of carbonyl (C=O) groups is 1. The third-order valence-electron chi connectivity index (χ3n) is 1.24. The number of unbranched alkanes of at least 4 members (excludes halogenated alkanes) is 1. The van der Waals surface area contributed by atoms with Crippen molar-refractivity contribution in [2.24, 2.45) is 0 Å². The van der Waals surface area contributed by atoms with E-state index in [4.69, 9.17) is 4.74 Å². The maximum atomic E-state index is 10.2.